The first-order valence-corrected chi connectivity index (χ1v) is 1.50. The van der Waals surface area contributed by atoms with Gasteiger partial charge in [-0.2, -0.15) is 20.8 Å². The minimum Gasteiger partial charge on any atom is -0.412 e. The summed E-state index contributed by atoms with van der Waals surface area (Å²) in [6, 6.07) is 0. The number of rotatable bonds is 0. The van der Waals surface area contributed by atoms with E-state index >= 15 is 0 Å². The van der Waals surface area contributed by atoms with Crippen molar-refractivity contribution in [1.29, 1.82) is 0 Å². The smallest absolute Gasteiger partial charge is 0.412 e. The van der Waals surface area contributed by atoms with Gasteiger partial charge in [0.25, 0.3) is 0 Å². The van der Waals surface area contributed by atoms with Gasteiger partial charge in [-0.05, 0) is 0 Å². The standard InChI is InChI=1S/C4H9.Na.H2O/c1-4(2)3;;/h1-3H3;;1H2/q-1;+1;. The van der Waals surface area contributed by atoms with E-state index in [1.54, 1.807) is 0 Å². The van der Waals surface area contributed by atoms with E-state index in [9.17, 15) is 0 Å². The summed E-state index contributed by atoms with van der Waals surface area (Å²) in [7, 11) is 0. The normalized spacial score (nSPS) is 6.00. The third-order valence-corrected chi connectivity index (χ3v) is 0. The van der Waals surface area contributed by atoms with Crippen molar-refractivity contribution in [3.05, 3.63) is 5.92 Å². The van der Waals surface area contributed by atoms with Crippen LogP contribution in [0.15, 0.2) is 0 Å². The summed E-state index contributed by atoms with van der Waals surface area (Å²) >= 11 is 0. The number of hydrogen-bond acceptors (Lipinski definition) is 0. The third-order valence-electron chi connectivity index (χ3n) is 0. The molecule has 1 nitrogen and oxygen atoms in total. The van der Waals surface area contributed by atoms with Crippen LogP contribution in [0, 0.1) is 5.92 Å². The van der Waals surface area contributed by atoms with Crippen molar-refractivity contribution in [3.63, 3.8) is 0 Å². The van der Waals surface area contributed by atoms with Crippen LogP contribution in [0.1, 0.15) is 20.8 Å². The van der Waals surface area contributed by atoms with Gasteiger partial charge in [0.2, 0.25) is 0 Å². The first kappa shape index (κ1) is 15.8. The molecule has 0 amide bonds. The molecule has 0 radical (unpaired) electrons. The zero-order valence-electron chi connectivity index (χ0n) is 5.00. The van der Waals surface area contributed by atoms with Gasteiger partial charge in [0.05, 0.1) is 0 Å². The molecule has 0 aromatic carbocycles. The van der Waals surface area contributed by atoms with Crippen molar-refractivity contribution >= 4 is 0 Å². The summed E-state index contributed by atoms with van der Waals surface area (Å²) in [5.74, 6) is 1.42. The maximum atomic E-state index is 2.08. The Morgan fingerprint density at radius 1 is 1.00 bits per heavy atom. The van der Waals surface area contributed by atoms with Crippen LogP contribution in [-0.2, 0) is 0 Å². The Morgan fingerprint density at radius 3 is 1.00 bits per heavy atom. The zero-order chi connectivity index (χ0) is 3.58. The van der Waals surface area contributed by atoms with Crippen molar-refractivity contribution in [2.45, 2.75) is 20.8 Å². The van der Waals surface area contributed by atoms with Crippen molar-refractivity contribution in [2.24, 2.45) is 0 Å². The molecular weight excluding hydrogens is 87.0 g/mol. The summed E-state index contributed by atoms with van der Waals surface area (Å²) in [6.45, 7) is 6.25. The summed E-state index contributed by atoms with van der Waals surface area (Å²) in [5, 5.41) is 0. The molecule has 2 N–H and O–H groups in total. The fourth-order valence-corrected chi connectivity index (χ4v) is 0. The minimum atomic E-state index is 0. The monoisotopic (exact) mass is 98.1 g/mol. The molecule has 2 heteroatoms. The van der Waals surface area contributed by atoms with E-state index < -0.39 is 0 Å². The van der Waals surface area contributed by atoms with Crippen LogP contribution in [0.4, 0.5) is 0 Å². The van der Waals surface area contributed by atoms with E-state index in [1.807, 2.05) is 0 Å². The minimum absolute atomic E-state index is 0. The number of hydrogen-bond donors (Lipinski definition) is 0. The Labute approximate surface area is 61.7 Å². The molecule has 6 heavy (non-hydrogen) atoms. The van der Waals surface area contributed by atoms with E-state index in [4.69, 9.17) is 0 Å². The van der Waals surface area contributed by atoms with Gasteiger partial charge in [-0.25, -0.2) is 0 Å². The fraction of sp³-hybridized carbons (Fsp3) is 0.750. The van der Waals surface area contributed by atoms with Crippen molar-refractivity contribution < 1.29 is 35.0 Å². The van der Waals surface area contributed by atoms with Crippen LogP contribution in [-0.4, -0.2) is 5.48 Å². The SMILES string of the molecule is C[C-](C)C.O.[Na+]. The second-order valence-electron chi connectivity index (χ2n) is 1.50. The van der Waals surface area contributed by atoms with Crippen molar-refractivity contribution in [2.75, 3.05) is 0 Å². The maximum Gasteiger partial charge on any atom is 1.00 e. The van der Waals surface area contributed by atoms with Gasteiger partial charge in [0, 0.05) is 0 Å². The van der Waals surface area contributed by atoms with Gasteiger partial charge < -0.3 is 11.4 Å². The predicted molar refractivity (Wildman–Crippen MR) is 23.9 cm³/mol. The molecule has 34 valence electrons. The van der Waals surface area contributed by atoms with Crippen LogP contribution in [0.5, 0.6) is 0 Å². The Balaban J connectivity index is -0.0000000450. The molecule has 0 aliphatic rings. The van der Waals surface area contributed by atoms with Crippen molar-refractivity contribution in [3.8, 4) is 0 Å². The van der Waals surface area contributed by atoms with Crippen LogP contribution in [0.25, 0.3) is 0 Å². The summed E-state index contributed by atoms with van der Waals surface area (Å²) in [6.07, 6.45) is 0. The molecular formula is C4H11NaO. The molecule has 0 saturated carbocycles. The van der Waals surface area contributed by atoms with Crippen molar-refractivity contribution in [1.82, 2.24) is 0 Å². The Bertz CT molecular complexity index is 12.3. The maximum absolute atomic E-state index is 2.08. The van der Waals surface area contributed by atoms with E-state index in [-0.39, 0.29) is 35.0 Å². The van der Waals surface area contributed by atoms with Crippen LogP contribution < -0.4 is 29.6 Å². The van der Waals surface area contributed by atoms with Gasteiger partial charge in [0.1, 0.15) is 0 Å². The van der Waals surface area contributed by atoms with E-state index in [1.165, 1.54) is 5.92 Å². The molecule has 0 bridgehead atoms. The molecule has 0 unspecified atom stereocenters. The van der Waals surface area contributed by atoms with Gasteiger partial charge in [-0.3, -0.25) is 0 Å². The van der Waals surface area contributed by atoms with Crippen LogP contribution in [0.3, 0.4) is 0 Å². The first-order chi connectivity index (χ1) is 1.73. The molecule has 0 heterocycles. The third kappa shape index (κ3) is 84.4. The molecule has 0 fully saturated rings. The summed E-state index contributed by atoms with van der Waals surface area (Å²) < 4.78 is 0. The quantitative estimate of drug-likeness (QED) is 0.243. The fourth-order valence-electron chi connectivity index (χ4n) is 0. The second-order valence-corrected chi connectivity index (χ2v) is 1.50. The van der Waals surface area contributed by atoms with Gasteiger partial charge in [0.15, 0.2) is 0 Å². The zero-order valence-corrected chi connectivity index (χ0v) is 7.00. The van der Waals surface area contributed by atoms with Gasteiger partial charge >= 0.3 is 29.6 Å². The van der Waals surface area contributed by atoms with Gasteiger partial charge in [-0.15, -0.1) is 0 Å². The summed E-state index contributed by atoms with van der Waals surface area (Å²) in [5.41, 5.74) is 0. The van der Waals surface area contributed by atoms with E-state index in [0.717, 1.165) is 0 Å². The van der Waals surface area contributed by atoms with Crippen LogP contribution in [0.2, 0.25) is 0 Å². The Kier molecular flexibility index (Phi) is 24.6. The molecule has 0 aromatic rings. The average molecular weight is 98.1 g/mol. The van der Waals surface area contributed by atoms with Gasteiger partial charge in [-0.1, -0.05) is 0 Å². The first-order valence-electron chi connectivity index (χ1n) is 1.50. The topological polar surface area (TPSA) is 31.5 Å². The summed E-state index contributed by atoms with van der Waals surface area (Å²) in [4.78, 5) is 0. The molecule has 0 aliphatic heterocycles. The second kappa shape index (κ2) is 9.35. The Morgan fingerprint density at radius 2 is 1.00 bits per heavy atom. The molecule has 0 rings (SSSR count). The van der Waals surface area contributed by atoms with E-state index in [2.05, 4.69) is 20.8 Å². The Hall–Kier alpha value is 0.960. The molecule has 0 atom stereocenters. The molecule has 0 aromatic heterocycles. The molecule has 0 saturated heterocycles. The average Bonchev–Trinajstić information content (AvgIpc) is 0.811. The van der Waals surface area contributed by atoms with E-state index in [0.29, 0.717) is 0 Å². The van der Waals surface area contributed by atoms with Crippen LogP contribution >= 0.6 is 0 Å². The molecule has 0 aliphatic carbocycles. The molecule has 0 spiro atoms. The largest absolute Gasteiger partial charge is 1.00 e. The predicted octanol–water partition coefficient (Wildman–Crippen LogP) is -2.20.